The minimum Gasteiger partial charge on any atom is -0.493 e. The second-order valence-corrected chi connectivity index (χ2v) is 4.76. The van der Waals surface area contributed by atoms with Crippen LogP contribution in [0.1, 0.15) is 10.5 Å². The molecule has 1 aromatic heterocycles. The van der Waals surface area contributed by atoms with Gasteiger partial charge in [-0.2, -0.15) is 0 Å². The van der Waals surface area contributed by atoms with Crippen molar-refractivity contribution in [1.82, 2.24) is 15.0 Å². The number of hydrogen-bond donors (Lipinski definition) is 1. The monoisotopic (exact) mass is 350 g/mol. The van der Waals surface area contributed by atoms with Gasteiger partial charge in [0.25, 0.3) is 0 Å². The topological polar surface area (TPSA) is 114 Å². The van der Waals surface area contributed by atoms with Crippen molar-refractivity contribution >= 4 is 17.6 Å². The van der Waals surface area contributed by atoms with Crippen LogP contribution in [0.5, 0.6) is 17.2 Å². The van der Waals surface area contributed by atoms with E-state index >= 15 is 0 Å². The lowest BCUT2D eigenvalue weighted by Crippen LogP contribution is -2.19. The molecule has 0 bridgehead atoms. The van der Waals surface area contributed by atoms with Crippen molar-refractivity contribution in [2.45, 2.75) is 6.54 Å². The van der Waals surface area contributed by atoms with Crippen LogP contribution in [0.2, 0.25) is 0 Å². The van der Waals surface area contributed by atoms with Crippen molar-refractivity contribution in [3.63, 3.8) is 0 Å². The van der Waals surface area contributed by atoms with E-state index in [0.717, 1.165) is 0 Å². The number of carbonyl (C=O) groups is 2. The highest BCUT2D eigenvalue weighted by Crippen LogP contribution is 2.39. The van der Waals surface area contributed by atoms with Gasteiger partial charge in [0, 0.05) is 17.8 Å². The number of benzene rings is 1. The minimum absolute atomic E-state index is 0.0167. The predicted octanol–water partition coefficient (Wildman–Crippen LogP) is 0.729. The molecular weight excluding hydrogens is 332 g/mol. The zero-order chi connectivity index (χ0) is 18.4. The third-order valence-corrected chi connectivity index (χ3v) is 3.19. The molecule has 1 aromatic carbocycles. The number of hydrogen-bond acceptors (Lipinski definition) is 8. The Hall–Kier alpha value is -3.30. The number of rotatable bonds is 7. The zero-order valence-corrected chi connectivity index (χ0v) is 14.2. The van der Waals surface area contributed by atoms with Crippen LogP contribution in [0.3, 0.4) is 0 Å². The van der Waals surface area contributed by atoms with E-state index in [1.54, 1.807) is 12.1 Å². The average Bonchev–Trinajstić information content (AvgIpc) is 3.08. The van der Waals surface area contributed by atoms with E-state index in [4.69, 9.17) is 14.2 Å². The highest BCUT2D eigenvalue weighted by Gasteiger charge is 2.16. The van der Waals surface area contributed by atoms with Gasteiger partial charge in [-0.1, -0.05) is 5.21 Å². The van der Waals surface area contributed by atoms with E-state index in [9.17, 15) is 9.59 Å². The fourth-order valence-electron chi connectivity index (χ4n) is 2.07. The maximum absolute atomic E-state index is 12.2. The molecule has 0 unspecified atom stereocenters. The Bertz CT molecular complexity index is 748. The summed E-state index contributed by atoms with van der Waals surface area (Å²) in [5, 5.41) is 10.0. The fraction of sp³-hybridized carbons (Fsp3) is 0.333. The molecule has 10 heteroatoms. The van der Waals surface area contributed by atoms with Crippen LogP contribution in [-0.4, -0.2) is 55.3 Å². The van der Waals surface area contributed by atoms with Crippen molar-refractivity contribution in [2.75, 3.05) is 33.8 Å². The van der Waals surface area contributed by atoms with Crippen LogP contribution in [-0.2, 0) is 16.1 Å². The van der Waals surface area contributed by atoms with Gasteiger partial charge < -0.3 is 24.3 Å². The number of ether oxygens (including phenoxy) is 4. The van der Waals surface area contributed by atoms with Crippen LogP contribution in [0, 0.1) is 0 Å². The number of nitrogens with one attached hydrogen (secondary N) is 1. The second-order valence-electron chi connectivity index (χ2n) is 4.76. The molecule has 0 saturated carbocycles. The molecule has 0 spiro atoms. The van der Waals surface area contributed by atoms with E-state index in [1.807, 2.05) is 0 Å². The molecule has 25 heavy (non-hydrogen) atoms. The Morgan fingerprint density at radius 2 is 1.72 bits per heavy atom. The van der Waals surface area contributed by atoms with Gasteiger partial charge in [0.2, 0.25) is 11.7 Å². The van der Waals surface area contributed by atoms with Gasteiger partial charge in [-0.05, 0) is 0 Å². The number of anilines is 1. The van der Waals surface area contributed by atoms with Gasteiger partial charge >= 0.3 is 5.97 Å². The first-order chi connectivity index (χ1) is 12.0. The molecule has 0 radical (unpaired) electrons. The molecule has 0 saturated heterocycles. The molecule has 1 amide bonds. The standard InChI is InChI=1S/C15H18N4O6/c1-22-11-5-9(6-12(23-2)14(11)24-3)16-13(20)8-19-7-10(17-18-19)15(21)25-4/h5-7H,8H2,1-4H3,(H,16,20). The van der Waals surface area contributed by atoms with Gasteiger partial charge in [-0.25, -0.2) is 9.48 Å². The largest absolute Gasteiger partial charge is 0.493 e. The second kappa shape index (κ2) is 7.99. The maximum Gasteiger partial charge on any atom is 0.360 e. The van der Waals surface area contributed by atoms with Crippen molar-refractivity contribution in [1.29, 1.82) is 0 Å². The summed E-state index contributed by atoms with van der Waals surface area (Å²) < 4.78 is 21.4. The number of nitrogens with zero attached hydrogens (tertiary/aromatic N) is 3. The predicted molar refractivity (Wildman–Crippen MR) is 86.1 cm³/mol. The smallest absolute Gasteiger partial charge is 0.360 e. The van der Waals surface area contributed by atoms with E-state index in [1.165, 1.54) is 39.3 Å². The van der Waals surface area contributed by atoms with Crippen LogP contribution in [0.25, 0.3) is 0 Å². The molecule has 10 nitrogen and oxygen atoms in total. The molecule has 0 fully saturated rings. The maximum atomic E-state index is 12.2. The summed E-state index contributed by atoms with van der Waals surface area (Å²) >= 11 is 0. The fourth-order valence-corrected chi connectivity index (χ4v) is 2.07. The van der Waals surface area contributed by atoms with Crippen molar-refractivity contribution in [3.05, 3.63) is 24.0 Å². The van der Waals surface area contributed by atoms with E-state index in [0.29, 0.717) is 22.9 Å². The lowest BCUT2D eigenvalue weighted by Gasteiger charge is -2.14. The highest BCUT2D eigenvalue weighted by molar-refractivity contribution is 5.91. The Kier molecular flexibility index (Phi) is 5.77. The molecule has 134 valence electrons. The summed E-state index contributed by atoms with van der Waals surface area (Å²) in [7, 11) is 5.68. The Morgan fingerprint density at radius 3 is 2.24 bits per heavy atom. The Labute approximate surface area is 143 Å². The molecule has 1 N–H and O–H groups in total. The molecule has 0 aliphatic heterocycles. The third kappa shape index (κ3) is 4.16. The van der Waals surface area contributed by atoms with E-state index < -0.39 is 5.97 Å². The first kappa shape index (κ1) is 18.0. The summed E-state index contributed by atoms with van der Waals surface area (Å²) in [6.07, 6.45) is 1.32. The van der Waals surface area contributed by atoms with Crippen molar-refractivity contribution < 1.29 is 28.5 Å². The molecule has 0 aliphatic carbocycles. The summed E-state index contributed by atoms with van der Waals surface area (Å²) in [5.41, 5.74) is 0.468. The number of methoxy groups -OCH3 is 4. The van der Waals surface area contributed by atoms with Crippen molar-refractivity contribution in [3.8, 4) is 17.2 Å². The number of amides is 1. The number of aromatic nitrogens is 3. The van der Waals surface area contributed by atoms with Gasteiger partial charge in [-0.15, -0.1) is 5.10 Å². The Morgan fingerprint density at radius 1 is 1.08 bits per heavy atom. The Balaban J connectivity index is 2.12. The lowest BCUT2D eigenvalue weighted by molar-refractivity contribution is -0.116. The third-order valence-electron chi connectivity index (χ3n) is 3.19. The molecule has 0 atom stereocenters. The summed E-state index contributed by atoms with van der Waals surface area (Å²) in [4.78, 5) is 23.5. The van der Waals surface area contributed by atoms with Gasteiger partial charge in [0.1, 0.15) is 6.54 Å². The molecule has 2 rings (SSSR count). The number of carbonyl (C=O) groups excluding carboxylic acids is 2. The van der Waals surface area contributed by atoms with Gasteiger partial charge in [0.05, 0.1) is 34.6 Å². The van der Waals surface area contributed by atoms with Crippen LogP contribution in [0.4, 0.5) is 5.69 Å². The van der Waals surface area contributed by atoms with Crippen LogP contribution < -0.4 is 19.5 Å². The van der Waals surface area contributed by atoms with Gasteiger partial charge in [-0.3, -0.25) is 4.79 Å². The lowest BCUT2D eigenvalue weighted by atomic mass is 10.2. The quantitative estimate of drug-likeness (QED) is 0.727. The summed E-state index contributed by atoms with van der Waals surface area (Å²) in [6.45, 7) is -0.138. The van der Waals surface area contributed by atoms with Crippen LogP contribution >= 0.6 is 0 Å². The van der Waals surface area contributed by atoms with Crippen LogP contribution in [0.15, 0.2) is 18.3 Å². The normalized spacial score (nSPS) is 10.1. The van der Waals surface area contributed by atoms with Crippen molar-refractivity contribution in [2.24, 2.45) is 0 Å². The summed E-state index contributed by atoms with van der Waals surface area (Å²) in [5.74, 6) is 0.227. The first-order valence-electron chi connectivity index (χ1n) is 7.10. The number of esters is 1. The molecule has 1 heterocycles. The first-order valence-corrected chi connectivity index (χ1v) is 7.10. The van der Waals surface area contributed by atoms with E-state index in [-0.39, 0.29) is 18.1 Å². The summed E-state index contributed by atoms with van der Waals surface area (Å²) in [6, 6.07) is 3.20. The molecular formula is C15H18N4O6. The van der Waals surface area contributed by atoms with Gasteiger partial charge in [0.15, 0.2) is 17.2 Å². The molecule has 0 aliphatic rings. The molecule has 2 aromatic rings. The highest BCUT2D eigenvalue weighted by atomic mass is 16.5. The van der Waals surface area contributed by atoms with E-state index in [2.05, 4.69) is 20.4 Å². The zero-order valence-electron chi connectivity index (χ0n) is 14.2. The average molecular weight is 350 g/mol. The SMILES string of the molecule is COC(=O)c1cn(CC(=O)Nc2cc(OC)c(OC)c(OC)c2)nn1. The minimum atomic E-state index is -0.628.